The topological polar surface area (TPSA) is 69.2 Å². The first-order valence-electron chi connectivity index (χ1n) is 4.69. The van der Waals surface area contributed by atoms with E-state index in [1.54, 1.807) is 6.07 Å². The van der Waals surface area contributed by atoms with Gasteiger partial charge in [-0.15, -0.1) is 0 Å². The highest BCUT2D eigenvalue weighted by molar-refractivity contribution is 9.10. The van der Waals surface area contributed by atoms with Gasteiger partial charge in [0.2, 0.25) is 0 Å². The molecule has 0 aliphatic rings. The summed E-state index contributed by atoms with van der Waals surface area (Å²) in [5.41, 5.74) is 6.68. The molecule has 0 aliphatic heterocycles. The lowest BCUT2D eigenvalue weighted by molar-refractivity contribution is -0.385. The second-order valence-corrected chi connectivity index (χ2v) is 4.32. The number of nitro benzene ring substituents is 1. The fourth-order valence-electron chi connectivity index (χ4n) is 1.28. The van der Waals surface area contributed by atoms with E-state index in [1.165, 1.54) is 6.07 Å². The highest BCUT2D eigenvalue weighted by Crippen LogP contribution is 2.29. The summed E-state index contributed by atoms with van der Waals surface area (Å²) in [6, 6.07) is 5.16. The van der Waals surface area contributed by atoms with Crippen LogP contribution in [-0.4, -0.2) is 11.0 Å². The number of hydrogen-bond acceptors (Lipinski definition) is 3. The molecule has 5 heteroatoms. The Balaban J connectivity index is 2.89. The maximum absolute atomic E-state index is 10.7. The molecule has 0 saturated carbocycles. The molecule has 0 aliphatic carbocycles. The predicted octanol–water partition coefficient (Wildman–Crippen LogP) is 2.64. The SMILES string of the molecule is C[C@@H](N)CCc1cccc([N+](=O)[O-])c1Br. The van der Waals surface area contributed by atoms with Crippen LogP contribution in [0, 0.1) is 10.1 Å². The zero-order chi connectivity index (χ0) is 11.4. The lowest BCUT2D eigenvalue weighted by Gasteiger charge is -2.06. The molecular formula is C10H13BrN2O2. The molecular weight excluding hydrogens is 260 g/mol. The molecule has 2 N–H and O–H groups in total. The summed E-state index contributed by atoms with van der Waals surface area (Å²) in [5.74, 6) is 0. The van der Waals surface area contributed by atoms with E-state index in [-0.39, 0.29) is 16.7 Å². The van der Waals surface area contributed by atoms with Gasteiger partial charge in [-0.3, -0.25) is 10.1 Å². The molecule has 0 radical (unpaired) electrons. The highest BCUT2D eigenvalue weighted by atomic mass is 79.9. The molecule has 15 heavy (non-hydrogen) atoms. The minimum absolute atomic E-state index is 0.108. The van der Waals surface area contributed by atoms with Gasteiger partial charge in [-0.05, 0) is 41.3 Å². The number of nitrogens with zero attached hydrogens (tertiary/aromatic N) is 1. The van der Waals surface area contributed by atoms with E-state index in [1.807, 2.05) is 13.0 Å². The van der Waals surface area contributed by atoms with Crippen LogP contribution in [-0.2, 0) is 6.42 Å². The summed E-state index contributed by atoms with van der Waals surface area (Å²) in [5, 5.41) is 10.7. The Morgan fingerprint density at radius 3 is 2.80 bits per heavy atom. The average molecular weight is 273 g/mol. The van der Waals surface area contributed by atoms with Gasteiger partial charge in [-0.1, -0.05) is 12.1 Å². The second kappa shape index (κ2) is 5.23. The van der Waals surface area contributed by atoms with Crippen LogP contribution < -0.4 is 5.73 Å². The third-order valence-electron chi connectivity index (χ3n) is 2.12. The minimum Gasteiger partial charge on any atom is -0.328 e. The van der Waals surface area contributed by atoms with Crippen LogP contribution in [0.4, 0.5) is 5.69 Å². The first-order chi connectivity index (χ1) is 7.02. The molecule has 1 aromatic carbocycles. The van der Waals surface area contributed by atoms with E-state index in [4.69, 9.17) is 5.73 Å². The van der Waals surface area contributed by atoms with E-state index in [0.717, 1.165) is 18.4 Å². The zero-order valence-corrected chi connectivity index (χ0v) is 10.0. The third-order valence-corrected chi connectivity index (χ3v) is 3.04. The normalized spacial score (nSPS) is 12.5. The quantitative estimate of drug-likeness (QED) is 0.677. The average Bonchev–Trinajstić information content (AvgIpc) is 2.15. The predicted molar refractivity (Wildman–Crippen MR) is 62.8 cm³/mol. The minimum atomic E-state index is -0.389. The van der Waals surface area contributed by atoms with Crippen molar-refractivity contribution in [2.75, 3.05) is 0 Å². The van der Waals surface area contributed by atoms with Gasteiger partial charge in [0.15, 0.2) is 0 Å². The number of rotatable bonds is 4. The van der Waals surface area contributed by atoms with Crippen LogP contribution in [0.3, 0.4) is 0 Å². The smallest absolute Gasteiger partial charge is 0.283 e. The van der Waals surface area contributed by atoms with Crippen LogP contribution in [0.1, 0.15) is 18.9 Å². The van der Waals surface area contributed by atoms with Gasteiger partial charge in [0, 0.05) is 12.1 Å². The van der Waals surface area contributed by atoms with Gasteiger partial charge in [0.05, 0.1) is 9.40 Å². The van der Waals surface area contributed by atoms with Gasteiger partial charge in [-0.2, -0.15) is 0 Å². The van der Waals surface area contributed by atoms with Crippen molar-refractivity contribution in [3.8, 4) is 0 Å². The maximum atomic E-state index is 10.7. The van der Waals surface area contributed by atoms with Gasteiger partial charge >= 0.3 is 0 Å². The Kier molecular flexibility index (Phi) is 4.23. The first kappa shape index (κ1) is 12.1. The van der Waals surface area contributed by atoms with E-state index in [9.17, 15) is 10.1 Å². The van der Waals surface area contributed by atoms with Gasteiger partial charge in [0.25, 0.3) is 5.69 Å². The molecule has 4 nitrogen and oxygen atoms in total. The lowest BCUT2D eigenvalue weighted by Crippen LogP contribution is -2.15. The Hall–Kier alpha value is -0.940. The maximum Gasteiger partial charge on any atom is 0.283 e. The molecule has 0 unspecified atom stereocenters. The Bertz CT molecular complexity index is 366. The number of halogens is 1. The van der Waals surface area contributed by atoms with Crippen LogP contribution >= 0.6 is 15.9 Å². The molecule has 0 amide bonds. The van der Waals surface area contributed by atoms with Crippen molar-refractivity contribution in [1.29, 1.82) is 0 Å². The van der Waals surface area contributed by atoms with E-state index in [0.29, 0.717) is 4.47 Å². The Morgan fingerprint density at radius 2 is 2.27 bits per heavy atom. The van der Waals surface area contributed by atoms with Crippen LogP contribution in [0.2, 0.25) is 0 Å². The van der Waals surface area contributed by atoms with E-state index >= 15 is 0 Å². The summed E-state index contributed by atoms with van der Waals surface area (Å²) in [7, 11) is 0. The number of nitro groups is 1. The van der Waals surface area contributed by atoms with Gasteiger partial charge in [-0.25, -0.2) is 0 Å². The van der Waals surface area contributed by atoms with Crippen molar-refractivity contribution in [2.45, 2.75) is 25.8 Å². The molecule has 1 rings (SSSR count). The summed E-state index contributed by atoms with van der Waals surface area (Å²) >= 11 is 3.25. The van der Waals surface area contributed by atoms with Crippen LogP contribution in [0.15, 0.2) is 22.7 Å². The first-order valence-corrected chi connectivity index (χ1v) is 5.49. The summed E-state index contributed by atoms with van der Waals surface area (Å²) < 4.78 is 0.565. The standard InChI is InChI=1S/C10H13BrN2O2/c1-7(12)5-6-8-3-2-4-9(10(8)11)13(14)15/h2-4,7H,5-6,12H2,1H3/t7-/m1/s1. The highest BCUT2D eigenvalue weighted by Gasteiger charge is 2.14. The van der Waals surface area contributed by atoms with Crippen molar-refractivity contribution >= 4 is 21.6 Å². The molecule has 1 aromatic rings. The molecule has 0 bridgehead atoms. The number of nitrogens with two attached hydrogens (primary N) is 1. The largest absolute Gasteiger partial charge is 0.328 e. The Morgan fingerprint density at radius 1 is 1.60 bits per heavy atom. The Labute approximate surface area is 96.8 Å². The molecule has 82 valence electrons. The zero-order valence-electron chi connectivity index (χ0n) is 8.44. The molecule has 0 aromatic heterocycles. The summed E-state index contributed by atoms with van der Waals surface area (Å²) in [6.07, 6.45) is 1.57. The summed E-state index contributed by atoms with van der Waals surface area (Å²) in [4.78, 5) is 10.3. The van der Waals surface area contributed by atoms with E-state index in [2.05, 4.69) is 15.9 Å². The lowest BCUT2D eigenvalue weighted by atomic mass is 10.1. The van der Waals surface area contributed by atoms with E-state index < -0.39 is 0 Å². The van der Waals surface area contributed by atoms with Crippen molar-refractivity contribution in [1.82, 2.24) is 0 Å². The third kappa shape index (κ3) is 3.28. The number of benzene rings is 1. The van der Waals surface area contributed by atoms with Crippen molar-refractivity contribution < 1.29 is 4.92 Å². The fourth-order valence-corrected chi connectivity index (χ4v) is 1.89. The number of hydrogen-bond donors (Lipinski definition) is 1. The van der Waals surface area contributed by atoms with Crippen LogP contribution in [0.5, 0.6) is 0 Å². The number of aryl methyl sites for hydroxylation is 1. The van der Waals surface area contributed by atoms with Crippen LogP contribution in [0.25, 0.3) is 0 Å². The fraction of sp³-hybridized carbons (Fsp3) is 0.400. The van der Waals surface area contributed by atoms with Crippen molar-refractivity contribution in [2.24, 2.45) is 5.73 Å². The summed E-state index contributed by atoms with van der Waals surface area (Å²) in [6.45, 7) is 1.92. The monoisotopic (exact) mass is 272 g/mol. The molecule has 0 spiro atoms. The van der Waals surface area contributed by atoms with Crippen molar-refractivity contribution in [3.05, 3.63) is 38.3 Å². The molecule has 0 saturated heterocycles. The van der Waals surface area contributed by atoms with Gasteiger partial charge < -0.3 is 5.73 Å². The second-order valence-electron chi connectivity index (χ2n) is 3.52. The molecule has 0 fully saturated rings. The molecule has 0 heterocycles. The van der Waals surface area contributed by atoms with Gasteiger partial charge in [0.1, 0.15) is 0 Å². The molecule has 1 atom stereocenters. The van der Waals surface area contributed by atoms with Crippen molar-refractivity contribution in [3.63, 3.8) is 0 Å².